The molecule has 0 radical (unpaired) electrons. The van der Waals surface area contributed by atoms with E-state index in [4.69, 9.17) is 9.47 Å². The van der Waals surface area contributed by atoms with Crippen LogP contribution in [0.3, 0.4) is 0 Å². The number of carbonyl (C=O) groups excluding carboxylic acids is 3. The second kappa shape index (κ2) is 9.19. The van der Waals surface area contributed by atoms with Gasteiger partial charge in [-0.05, 0) is 32.9 Å². The van der Waals surface area contributed by atoms with Crippen molar-refractivity contribution in [3.8, 4) is 0 Å². The summed E-state index contributed by atoms with van der Waals surface area (Å²) in [5.74, 6) is -1.89. The molecule has 0 aromatic heterocycles. The number of cyclic esters (lactones) is 2. The van der Waals surface area contributed by atoms with Crippen molar-refractivity contribution in [1.82, 2.24) is 5.32 Å². The molecule has 1 unspecified atom stereocenters. The van der Waals surface area contributed by atoms with Gasteiger partial charge in [-0.25, -0.2) is 4.79 Å². The number of amides is 1. The first kappa shape index (κ1) is 19.9. The first-order valence-corrected chi connectivity index (χ1v) is 7.62. The Hall–Kier alpha value is -2.19. The Morgan fingerprint density at radius 1 is 0.958 bits per heavy atom. The van der Waals surface area contributed by atoms with Gasteiger partial charge in [0.05, 0.1) is 6.42 Å². The highest BCUT2D eigenvalue weighted by Gasteiger charge is 2.20. The molecule has 0 aromatic carbocycles. The predicted octanol–water partition coefficient (Wildman–Crippen LogP) is -0.408. The van der Waals surface area contributed by atoms with Crippen molar-refractivity contribution < 1.29 is 34.1 Å². The number of aliphatic hydroxyl groups is 2. The van der Waals surface area contributed by atoms with Crippen LogP contribution in [0, 0.1) is 0 Å². The van der Waals surface area contributed by atoms with E-state index in [2.05, 4.69) is 5.32 Å². The number of hydrogen-bond donors (Lipinski definition) is 3. The normalized spacial score (nSPS) is 36.2. The molecular formula is C16H23NO7. The monoisotopic (exact) mass is 341 g/mol. The van der Waals surface area contributed by atoms with Gasteiger partial charge >= 0.3 is 11.9 Å². The number of aliphatic hydroxyl groups excluding tert-OH is 2. The zero-order chi connectivity index (χ0) is 18.3. The fourth-order valence-corrected chi connectivity index (χ4v) is 1.89. The lowest BCUT2D eigenvalue weighted by Crippen LogP contribution is -2.36. The maximum absolute atomic E-state index is 11.7. The fourth-order valence-electron chi connectivity index (χ4n) is 1.89. The van der Waals surface area contributed by atoms with Gasteiger partial charge in [0, 0.05) is 18.2 Å². The highest BCUT2D eigenvalue weighted by molar-refractivity contribution is 5.88. The summed E-state index contributed by atoms with van der Waals surface area (Å²) >= 11 is 0. The van der Waals surface area contributed by atoms with Crippen molar-refractivity contribution >= 4 is 17.8 Å². The summed E-state index contributed by atoms with van der Waals surface area (Å²) in [6.45, 7) is 4.56. The molecule has 0 spiro atoms. The van der Waals surface area contributed by atoms with Gasteiger partial charge in [0.15, 0.2) is 0 Å². The lowest BCUT2D eigenvalue weighted by molar-refractivity contribution is -0.152. The Kier molecular flexibility index (Phi) is 7.60. The molecule has 8 heteroatoms. The van der Waals surface area contributed by atoms with E-state index in [-0.39, 0.29) is 6.42 Å². The van der Waals surface area contributed by atoms with Gasteiger partial charge < -0.3 is 25.0 Å². The topological polar surface area (TPSA) is 122 Å². The average molecular weight is 341 g/mol. The molecule has 3 N–H and O–H groups in total. The van der Waals surface area contributed by atoms with Crippen LogP contribution in [0.25, 0.3) is 0 Å². The summed E-state index contributed by atoms with van der Waals surface area (Å²) in [6, 6.07) is -0.491. The van der Waals surface area contributed by atoms with E-state index in [9.17, 15) is 24.6 Å². The Morgan fingerprint density at radius 2 is 1.50 bits per heavy atom. The van der Waals surface area contributed by atoms with Crippen LogP contribution in [0.4, 0.5) is 0 Å². The maximum atomic E-state index is 11.7. The van der Waals surface area contributed by atoms with Crippen LogP contribution in [0.1, 0.15) is 27.2 Å². The third-order valence-corrected chi connectivity index (χ3v) is 3.32. The summed E-state index contributed by atoms with van der Waals surface area (Å²) in [5, 5.41) is 22.2. The highest BCUT2D eigenvalue weighted by Crippen LogP contribution is 2.07. The van der Waals surface area contributed by atoms with Crippen LogP contribution < -0.4 is 5.32 Å². The van der Waals surface area contributed by atoms with Crippen LogP contribution in [0.15, 0.2) is 24.3 Å². The van der Waals surface area contributed by atoms with Crippen molar-refractivity contribution in [2.45, 2.75) is 57.6 Å². The van der Waals surface area contributed by atoms with Crippen LogP contribution in [-0.4, -0.2) is 58.5 Å². The minimum Gasteiger partial charge on any atom is -0.459 e. The molecule has 5 atom stereocenters. The SMILES string of the molecule is CC1CC(=O)O[C@@H](C)[C@H](O)/C=C/C(=O)O[C@@H](C)[C@H](O)/C=C/C(=O)N1. The molecule has 24 heavy (non-hydrogen) atoms. The van der Waals surface area contributed by atoms with Gasteiger partial charge in [-0.1, -0.05) is 0 Å². The Morgan fingerprint density at radius 3 is 2.12 bits per heavy atom. The molecule has 0 aromatic rings. The number of carbonyl (C=O) groups is 3. The van der Waals surface area contributed by atoms with Gasteiger partial charge in [0.1, 0.15) is 24.4 Å². The molecule has 1 amide bonds. The maximum Gasteiger partial charge on any atom is 0.330 e. The molecule has 0 fully saturated rings. The van der Waals surface area contributed by atoms with E-state index in [1.165, 1.54) is 19.9 Å². The summed E-state index contributed by atoms with van der Waals surface area (Å²) in [4.78, 5) is 35.1. The Bertz CT molecular complexity index is 529. The highest BCUT2D eigenvalue weighted by atomic mass is 16.6. The molecule has 0 saturated carbocycles. The van der Waals surface area contributed by atoms with Crippen molar-refractivity contribution in [3.05, 3.63) is 24.3 Å². The smallest absolute Gasteiger partial charge is 0.330 e. The Labute approximate surface area is 140 Å². The van der Waals surface area contributed by atoms with Crippen LogP contribution in [0.2, 0.25) is 0 Å². The zero-order valence-corrected chi connectivity index (χ0v) is 13.8. The number of hydrogen-bond acceptors (Lipinski definition) is 7. The van der Waals surface area contributed by atoms with E-state index in [0.29, 0.717) is 0 Å². The Balaban J connectivity index is 2.91. The van der Waals surface area contributed by atoms with Gasteiger partial charge in [0.25, 0.3) is 0 Å². The molecule has 1 aliphatic heterocycles. The van der Waals surface area contributed by atoms with E-state index < -0.39 is 48.3 Å². The second-order valence-corrected chi connectivity index (χ2v) is 5.65. The van der Waals surface area contributed by atoms with Gasteiger partial charge in [0.2, 0.25) is 5.91 Å². The van der Waals surface area contributed by atoms with Crippen molar-refractivity contribution in [1.29, 1.82) is 0 Å². The van der Waals surface area contributed by atoms with Crippen molar-refractivity contribution in [2.24, 2.45) is 0 Å². The first-order valence-electron chi connectivity index (χ1n) is 7.62. The molecular weight excluding hydrogens is 318 g/mol. The van der Waals surface area contributed by atoms with Crippen LogP contribution in [-0.2, 0) is 23.9 Å². The zero-order valence-electron chi connectivity index (χ0n) is 13.8. The van der Waals surface area contributed by atoms with Crippen LogP contribution in [0.5, 0.6) is 0 Å². The first-order chi connectivity index (χ1) is 11.2. The number of nitrogens with one attached hydrogen (secondary N) is 1. The molecule has 1 rings (SSSR count). The molecule has 8 nitrogen and oxygen atoms in total. The van der Waals surface area contributed by atoms with Gasteiger partial charge in [-0.2, -0.15) is 0 Å². The molecule has 0 saturated heterocycles. The van der Waals surface area contributed by atoms with E-state index >= 15 is 0 Å². The summed E-state index contributed by atoms with van der Waals surface area (Å²) < 4.78 is 9.99. The van der Waals surface area contributed by atoms with E-state index in [1.807, 2.05) is 0 Å². The summed E-state index contributed by atoms with van der Waals surface area (Å²) in [7, 11) is 0. The predicted molar refractivity (Wildman–Crippen MR) is 83.6 cm³/mol. The molecule has 0 aliphatic carbocycles. The summed E-state index contributed by atoms with van der Waals surface area (Å²) in [6.07, 6.45) is 0.209. The number of ether oxygens (including phenoxy) is 2. The molecule has 134 valence electrons. The molecule has 1 heterocycles. The summed E-state index contributed by atoms with van der Waals surface area (Å²) in [5.41, 5.74) is 0. The van der Waals surface area contributed by atoms with Crippen molar-refractivity contribution in [3.63, 3.8) is 0 Å². The second-order valence-electron chi connectivity index (χ2n) is 5.65. The number of esters is 2. The average Bonchev–Trinajstić information content (AvgIpc) is 2.48. The van der Waals surface area contributed by atoms with Crippen LogP contribution >= 0.6 is 0 Å². The van der Waals surface area contributed by atoms with Crippen molar-refractivity contribution in [2.75, 3.05) is 0 Å². The third kappa shape index (κ3) is 6.93. The van der Waals surface area contributed by atoms with E-state index in [1.54, 1.807) is 6.92 Å². The lowest BCUT2D eigenvalue weighted by atomic mass is 10.2. The quantitative estimate of drug-likeness (QED) is 0.512. The minimum absolute atomic E-state index is 0.0820. The molecule has 0 bridgehead atoms. The van der Waals surface area contributed by atoms with E-state index in [0.717, 1.165) is 18.2 Å². The number of rotatable bonds is 0. The minimum atomic E-state index is -1.19. The lowest BCUT2D eigenvalue weighted by Gasteiger charge is -2.19. The fraction of sp³-hybridized carbons (Fsp3) is 0.562. The van der Waals surface area contributed by atoms with Gasteiger partial charge in [-0.15, -0.1) is 0 Å². The standard InChI is InChI=1S/C16H23NO7/c1-9-8-16(22)24-11(3)13(19)5-7-15(21)23-10(2)12(18)4-6-14(20)17-9/h4-7,9-13,18-19H,8H2,1-3H3,(H,17,20)/b6-4+,7-5+/t9?,10-,11-,12+,13+/m0/s1. The third-order valence-electron chi connectivity index (χ3n) is 3.32. The molecule has 1 aliphatic rings. The largest absolute Gasteiger partial charge is 0.459 e. The van der Waals surface area contributed by atoms with Gasteiger partial charge in [-0.3, -0.25) is 9.59 Å².